The highest BCUT2D eigenvalue weighted by molar-refractivity contribution is 9.10. The molecule has 3 aromatic rings. The number of hydrogen-bond donors (Lipinski definition) is 2. The maximum atomic E-state index is 13.2. The van der Waals surface area contributed by atoms with Gasteiger partial charge in [-0.1, -0.05) is 31.9 Å². The molecule has 0 saturated carbocycles. The van der Waals surface area contributed by atoms with Crippen LogP contribution in [0.1, 0.15) is 5.69 Å². The number of H-pyrrole nitrogens is 1. The largest absolute Gasteiger partial charge is 0.361 e. The van der Waals surface area contributed by atoms with Crippen molar-refractivity contribution in [1.29, 1.82) is 0 Å². The smallest absolute Gasteiger partial charge is 0.339 e. The lowest BCUT2D eigenvalue weighted by atomic mass is 10.1. The van der Waals surface area contributed by atoms with Crippen molar-refractivity contribution in [2.45, 2.75) is 5.72 Å². The fraction of sp³-hybridized carbons (Fsp3) is 0.0526. The van der Waals surface area contributed by atoms with Crippen LogP contribution in [0.15, 0.2) is 75.8 Å². The molecule has 0 aliphatic carbocycles. The van der Waals surface area contributed by atoms with E-state index in [1.165, 1.54) is 0 Å². The number of anilines is 2. The molecule has 3 amide bonds. The summed E-state index contributed by atoms with van der Waals surface area (Å²) >= 11 is 6.69. The average molecular weight is 491 g/mol. The van der Waals surface area contributed by atoms with Crippen LogP contribution < -0.4 is 9.80 Å². The van der Waals surface area contributed by atoms with Gasteiger partial charge in [0.2, 0.25) is 0 Å². The number of nitrogens with one attached hydrogen (secondary N) is 1. The summed E-state index contributed by atoms with van der Waals surface area (Å²) in [4.78, 5) is 31.4. The van der Waals surface area contributed by atoms with Gasteiger partial charge in [0.15, 0.2) is 0 Å². The van der Waals surface area contributed by atoms with E-state index in [2.05, 4.69) is 36.8 Å². The molecule has 1 aliphatic heterocycles. The fourth-order valence-corrected chi connectivity index (χ4v) is 3.59. The van der Waals surface area contributed by atoms with Crippen LogP contribution in [0.25, 0.3) is 0 Å². The molecule has 1 aliphatic rings. The maximum absolute atomic E-state index is 13.2. The van der Waals surface area contributed by atoms with Gasteiger partial charge in [-0.05, 0) is 60.7 Å². The number of carbonyl (C=O) groups is 2. The topological polar surface area (TPSA) is 76.6 Å². The van der Waals surface area contributed by atoms with Crippen molar-refractivity contribution in [3.8, 4) is 0 Å². The molecule has 2 aromatic carbocycles. The Bertz CT molecular complexity index is 1000. The van der Waals surface area contributed by atoms with Crippen LogP contribution in [0.5, 0.6) is 0 Å². The van der Waals surface area contributed by atoms with Crippen molar-refractivity contribution >= 4 is 55.2 Å². The number of halogens is 2. The van der Waals surface area contributed by atoms with Gasteiger partial charge in [0.25, 0.3) is 11.6 Å². The fourth-order valence-electron chi connectivity index (χ4n) is 3.06. The summed E-state index contributed by atoms with van der Waals surface area (Å²) in [6.07, 6.45) is 1.59. The SMILES string of the molecule is O=C1N(c2ccc(Br)cc2)C(=O)C(O)(c2ccc[nH]2)N1c1ccc(Br)cc1. The number of benzene rings is 2. The molecule has 1 aromatic heterocycles. The average Bonchev–Trinajstić information content (AvgIpc) is 3.25. The predicted molar refractivity (Wildman–Crippen MR) is 108 cm³/mol. The Morgan fingerprint density at radius 3 is 1.93 bits per heavy atom. The van der Waals surface area contributed by atoms with E-state index in [9.17, 15) is 14.7 Å². The van der Waals surface area contributed by atoms with Gasteiger partial charge in [-0.3, -0.25) is 9.69 Å². The molecule has 2 N–H and O–H groups in total. The van der Waals surface area contributed by atoms with E-state index < -0.39 is 17.7 Å². The number of nitrogens with zero attached hydrogens (tertiary/aromatic N) is 2. The number of aromatic amines is 1. The van der Waals surface area contributed by atoms with Crippen LogP contribution in [0.3, 0.4) is 0 Å². The van der Waals surface area contributed by atoms with E-state index in [-0.39, 0.29) is 5.69 Å². The van der Waals surface area contributed by atoms with E-state index in [0.29, 0.717) is 11.4 Å². The molecular formula is C19H13Br2N3O3. The normalized spacial score (nSPS) is 19.8. The molecule has 4 rings (SSSR count). The van der Waals surface area contributed by atoms with Gasteiger partial charge in [-0.2, -0.15) is 0 Å². The minimum Gasteiger partial charge on any atom is -0.361 e. The number of aromatic nitrogens is 1. The van der Waals surface area contributed by atoms with Gasteiger partial charge in [-0.15, -0.1) is 0 Å². The Morgan fingerprint density at radius 2 is 1.41 bits per heavy atom. The van der Waals surface area contributed by atoms with Crippen molar-refractivity contribution in [3.63, 3.8) is 0 Å². The molecule has 1 saturated heterocycles. The molecule has 6 nitrogen and oxygen atoms in total. The third kappa shape index (κ3) is 2.80. The molecular weight excluding hydrogens is 478 g/mol. The van der Waals surface area contributed by atoms with Crippen LogP contribution >= 0.6 is 31.9 Å². The van der Waals surface area contributed by atoms with Crippen molar-refractivity contribution in [2.75, 3.05) is 9.80 Å². The molecule has 8 heteroatoms. The zero-order valence-corrected chi connectivity index (χ0v) is 16.9. The second-order valence-corrected chi connectivity index (χ2v) is 7.80. The standard InChI is InChI=1S/C19H13Br2N3O3/c20-12-3-7-14(8-4-12)23-17(25)19(27,16-2-1-11-22-16)24(18(23)26)15-9-5-13(21)6-10-15/h1-11,22,27H. The molecule has 0 radical (unpaired) electrons. The Balaban J connectivity index is 1.89. The zero-order chi connectivity index (χ0) is 19.2. The lowest BCUT2D eigenvalue weighted by Crippen LogP contribution is -2.47. The van der Waals surface area contributed by atoms with Crippen LogP contribution in [0.4, 0.5) is 16.2 Å². The number of imide groups is 1. The summed E-state index contributed by atoms with van der Waals surface area (Å²) in [7, 11) is 0. The Labute approximate surface area is 171 Å². The number of amides is 3. The number of carbonyl (C=O) groups excluding carboxylic acids is 2. The number of urea groups is 1. The minimum absolute atomic E-state index is 0.211. The highest BCUT2D eigenvalue weighted by Gasteiger charge is 2.59. The molecule has 0 spiro atoms. The summed E-state index contributed by atoms with van der Waals surface area (Å²) in [5.41, 5.74) is -1.20. The lowest BCUT2D eigenvalue weighted by Gasteiger charge is -2.29. The first-order valence-corrected chi connectivity index (χ1v) is 9.57. The predicted octanol–water partition coefficient (Wildman–Crippen LogP) is 4.36. The number of aliphatic hydroxyl groups is 1. The first-order valence-electron chi connectivity index (χ1n) is 7.99. The second-order valence-electron chi connectivity index (χ2n) is 5.97. The summed E-state index contributed by atoms with van der Waals surface area (Å²) in [5, 5.41) is 11.4. The van der Waals surface area contributed by atoms with Crippen LogP contribution in [0, 0.1) is 0 Å². The van der Waals surface area contributed by atoms with Gasteiger partial charge in [0.1, 0.15) is 0 Å². The van der Waals surface area contributed by atoms with Crippen LogP contribution in [-0.2, 0) is 10.5 Å². The van der Waals surface area contributed by atoms with Crippen LogP contribution in [0.2, 0.25) is 0 Å². The zero-order valence-electron chi connectivity index (χ0n) is 13.8. The molecule has 27 heavy (non-hydrogen) atoms. The Kier molecular flexibility index (Phi) is 4.41. The molecule has 2 heterocycles. The molecule has 0 bridgehead atoms. The first-order chi connectivity index (χ1) is 12.9. The third-order valence-corrected chi connectivity index (χ3v) is 5.41. The summed E-state index contributed by atoms with van der Waals surface area (Å²) in [6, 6.07) is 16.1. The van der Waals surface area contributed by atoms with E-state index in [1.807, 2.05) is 0 Å². The quantitative estimate of drug-likeness (QED) is 0.535. The molecule has 136 valence electrons. The van der Waals surface area contributed by atoms with Gasteiger partial charge >= 0.3 is 6.03 Å². The molecule has 1 atom stereocenters. The highest BCUT2D eigenvalue weighted by atomic mass is 79.9. The highest BCUT2D eigenvalue weighted by Crippen LogP contribution is 2.40. The summed E-state index contributed by atoms with van der Waals surface area (Å²) in [5.74, 6) is -0.750. The first kappa shape index (κ1) is 18.0. The van der Waals surface area contributed by atoms with Gasteiger partial charge in [0.05, 0.1) is 11.4 Å². The van der Waals surface area contributed by atoms with E-state index >= 15 is 0 Å². The third-order valence-electron chi connectivity index (χ3n) is 4.35. The molecule has 1 unspecified atom stereocenters. The van der Waals surface area contributed by atoms with Gasteiger partial charge < -0.3 is 10.1 Å². The lowest BCUT2D eigenvalue weighted by molar-refractivity contribution is -0.134. The second kappa shape index (κ2) is 6.63. The maximum Gasteiger partial charge on any atom is 0.339 e. The summed E-state index contributed by atoms with van der Waals surface area (Å²) in [6.45, 7) is 0. The van der Waals surface area contributed by atoms with E-state index in [4.69, 9.17) is 0 Å². The van der Waals surface area contributed by atoms with Crippen LogP contribution in [-0.4, -0.2) is 22.0 Å². The molecule has 1 fully saturated rings. The van der Waals surface area contributed by atoms with E-state index in [0.717, 1.165) is 18.7 Å². The number of rotatable bonds is 3. The summed E-state index contributed by atoms with van der Waals surface area (Å²) < 4.78 is 1.63. The van der Waals surface area contributed by atoms with Gasteiger partial charge in [-0.25, -0.2) is 9.69 Å². The van der Waals surface area contributed by atoms with Crippen molar-refractivity contribution in [1.82, 2.24) is 4.98 Å². The minimum atomic E-state index is -2.18. The number of hydrogen-bond acceptors (Lipinski definition) is 3. The van der Waals surface area contributed by atoms with Crippen molar-refractivity contribution in [2.24, 2.45) is 0 Å². The van der Waals surface area contributed by atoms with E-state index in [1.54, 1.807) is 66.9 Å². The monoisotopic (exact) mass is 489 g/mol. The van der Waals surface area contributed by atoms with Gasteiger partial charge in [0, 0.05) is 20.8 Å². The Hall–Kier alpha value is -2.42. The Morgan fingerprint density at radius 1 is 0.852 bits per heavy atom. The van der Waals surface area contributed by atoms with Crippen molar-refractivity contribution in [3.05, 3.63) is 81.5 Å². The van der Waals surface area contributed by atoms with Crippen molar-refractivity contribution < 1.29 is 14.7 Å².